The van der Waals surface area contributed by atoms with E-state index in [0.717, 1.165) is 24.6 Å². The maximum Gasteiger partial charge on any atom is 0.418 e. The van der Waals surface area contributed by atoms with Gasteiger partial charge in [-0.25, -0.2) is 4.39 Å². The van der Waals surface area contributed by atoms with E-state index in [1.807, 2.05) is 0 Å². The molecule has 1 fully saturated rings. The minimum atomic E-state index is -4.82. The summed E-state index contributed by atoms with van der Waals surface area (Å²) in [6, 6.07) is 13.5. The lowest BCUT2D eigenvalue weighted by Gasteiger charge is -2.17. The Morgan fingerprint density at radius 3 is 2.00 bits per heavy atom. The van der Waals surface area contributed by atoms with Crippen molar-refractivity contribution < 1.29 is 31.9 Å². The maximum atomic E-state index is 13.7. The SMILES string of the molecule is O=C(Nc1ccc(NC(=O)c2ccc(N3CCCC3=O)cc2)c(C(F)(F)F)c1)c1ccc(F)cc1. The number of carbonyl (C=O) groups is 3. The van der Waals surface area contributed by atoms with Crippen LogP contribution in [0.2, 0.25) is 0 Å². The first-order chi connectivity index (χ1) is 16.6. The number of rotatable bonds is 5. The fraction of sp³-hybridized carbons (Fsp3) is 0.160. The minimum Gasteiger partial charge on any atom is -0.322 e. The van der Waals surface area contributed by atoms with E-state index in [-0.39, 0.29) is 22.7 Å². The van der Waals surface area contributed by atoms with Crippen LogP contribution in [-0.4, -0.2) is 24.3 Å². The predicted molar refractivity (Wildman–Crippen MR) is 122 cm³/mol. The Morgan fingerprint density at radius 2 is 1.43 bits per heavy atom. The molecule has 0 bridgehead atoms. The number of alkyl halides is 3. The largest absolute Gasteiger partial charge is 0.418 e. The molecule has 3 aromatic rings. The number of halogens is 4. The molecule has 0 aromatic heterocycles. The number of amides is 3. The molecule has 3 amide bonds. The molecule has 6 nitrogen and oxygen atoms in total. The van der Waals surface area contributed by atoms with Gasteiger partial charge >= 0.3 is 6.18 Å². The van der Waals surface area contributed by atoms with Gasteiger partial charge in [-0.15, -0.1) is 0 Å². The first kappa shape index (κ1) is 23.9. The zero-order chi connectivity index (χ0) is 25.2. The molecular weight excluding hydrogens is 466 g/mol. The Kier molecular flexibility index (Phi) is 6.54. The number of benzene rings is 3. The van der Waals surface area contributed by atoms with E-state index < -0.39 is 35.1 Å². The van der Waals surface area contributed by atoms with E-state index in [9.17, 15) is 31.9 Å². The predicted octanol–water partition coefficient (Wildman–Crippen LogP) is 5.48. The number of anilines is 3. The molecule has 1 saturated heterocycles. The van der Waals surface area contributed by atoms with Gasteiger partial charge in [0.1, 0.15) is 5.82 Å². The van der Waals surface area contributed by atoms with E-state index in [4.69, 9.17) is 0 Å². The van der Waals surface area contributed by atoms with Crippen molar-refractivity contribution in [3.05, 3.63) is 89.2 Å². The van der Waals surface area contributed by atoms with Crippen LogP contribution in [0.4, 0.5) is 34.6 Å². The highest BCUT2D eigenvalue weighted by Crippen LogP contribution is 2.37. The molecule has 1 aliphatic heterocycles. The zero-order valence-corrected chi connectivity index (χ0v) is 18.2. The first-order valence-corrected chi connectivity index (χ1v) is 10.6. The number of nitrogens with one attached hydrogen (secondary N) is 2. The molecule has 1 heterocycles. The van der Waals surface area contributed by atoms with Crippen LogP contribution in [0.15, 0.2) is 66.7 Å². The molecule has 0 saturated carbocycles. The molecular formula is C25H19F4N3O3. The highest BCUT2D eigenvalue weighted by atomic mass is 19.4. The van der Waals surface area contributed by atoms with Crippen molar-refractivity contribution in [2.45, 2.75) is 19.0 Å². The molecule has 35 heavy (non-hydrogen) atoms. The molecule has 0 radical (unpaired) electrons. The summed E-state index contributed by atoms with van der Waals surface area (Å²) >= 11 is 0. The lowest BCUT2D eigenvalue weighted by molar-refractivity contribution is -0.136. The second-order valence-corrected chi connectivity index (χ2v) is 7.87. The number of nitrogens with zero attached hydrogens (tertiary/aromatic N) is 1. The van der Waals surface area contributed by atoms with Crippen LogP contribution in [0.25, 0.3) is 0 Å². The summed E-state index contributed by atoms with van der Waals surface area (Å²) in [6.45, 7) is 0.573. The summed E-state index contributed by atoms with van der Waals surface area (Å²) in [6.07, 6.45) is -3.64. The van der Waals surface area contributed by atoms with Gasteiger partial charge in [-0.1, -0.05) is 0 Å². The van der Waals surface area contributed by atoms with Crippen molar-refractivity contribution in [2.24, 2.45) is 0 Å². The summed E-state index contributed by atoms with van der Waals surface area (Å²) in [5.41, 5.74) is -0.993. The van der Waals surface area contributed by atoms with Crippen LogP contribution >= 0.6 is 0 Å². The average Bonchev–Trinajstić information content (AvgIpc) is 3.25. The third-order valence-corrected chi connectivity index (χ3v) is 5.45. The number of hydrogen-bond acceptors (Lipinski definition) is 3. The molecule has 180 valence electrons. The zero-order valence-electron chi connectivity index (χ0n) is 18.2. The fourth-order valence-electron chi connectivity index (χ4n) is 3.68. The summed E-state index contributed by atoms with van der Waals surface area (Å²) in [5.74, 6) is -2.06. The first-order valence-electron chi connectivity index (χ1n) is 10.6. The molecule has 1 aliphatic rings. The van der Waals surface area contributed by atoms with E-state index >= 15 is 0 Å². The van der Waals surface area contributed by atoms with E-state index in [2.05, 4.69) is 10.6 Å². The molecule has 10 heteroatoms. The standard InChI is InChI=1S/C25H19F4N3O3/c26-17-7-3-15(4-8-17)23(34)30-18-9-12-21(20(14-18)25(27,28)29)31-24(35)16-5-10-19(11-6-16)32-13-1-2-22(32)33/h3-12,14H,1-2,13H2,(H,30,34)(H,31,35). The highest BCUT2D eigenvalue weighted by Gasteiger charge is 2.34. The highest BCUT2D eigenvalue weighted by molar-refractivity contribution is 6.06. The van der Waals surface area contributed by atoms with Gasteiger partial charge < -0.3 is 15.5 Å². The summed E-state index contributed by atoms with van der Waals surface area (Å²) in [7, 11) is 0. The topological polar surface area (TPSA) is 78.5 Å². The molecule has 3 aromatic carbocycles. The van der Waals surface area contributed by atoms with Crippen molar-refractivity contribution in [1.82, 2.24) is 0 Å². The molecule has 0 spiro atoms. The number of carbonyl (C=O) groups excluding carboxylic acids is 3. The van der Waals surface area contributed by atoms with Gasteiger partial charge in [-0.05, 0) is 73.2 Å². The lowest BCUT2D eigenvalue weighted by Crippen LogP contribution is -2.23. The lowest BCUT2D eigenvalue weighted by atomic mass is 10.1. The normalized spacial score (nSPS) is 13.6. The van der Waals surface area contributed by atoms with Gasteiger partial charge in [0.2, 0.25) is 5.91 Å². The molecule has 4 rings (SSSR count). The Hall–Kier alpha value is -4.21. The monoisotopic (exact) mass is 485 g/mol. The van der Waals surface area contributed by atoms with E-state index in [1.165, 1.54) is 30.3 Å². The summed E-state index contributed by atoms with van der Waals surface area (Å²) in [5, 5.41) is 4.59. The molecule has 2 N–H and O–H groups in total. The third kappa shape index (κ3) is 5.48. The van der Waals surface area contributed by atoms with Gasteiger partial charge in [0, 0.05) is 35.5 Å². The Labute approximate surface area is 197 Å². The fourth-order valence-corrected chi connectivity index (χ4v) is 3.68. The van der Waals surface area contributed by atoms with Gasteiger partial charge in [0.25, 0.3) is 11.8 Å². The van der Waals surface area contributed by atoms with Crippen LogP contribution in [-0.2, 0) is 11.0 Å². The van der Waals surface area contributed by atoms with E-state index in [0.29, 0.717) is 24.7 Å². The van der Waals surface area contributed by atoms with Crippen molar-refractivity contribution in [2.75, 3.05) is 22.1 Å². The third-order valence-electron chi connectivity index (χ3n) is 5.45. The average molecular weight is 485 g/mol. The Bertz CT molecular complexity index is 1270. The maximum absolute atomic E-state index is 13.7. The van der Waals surface area contributed by atoms with E-state index in [1.54, 1.807) is 17.0 Å². The quantitative estimate of drug-likeness (QED) is 0.470. The van der Waals surface area contributed by atoms with Crippen molar-refractivity contribution in [3.8, 4) is 0 Å². The second kappa shape index (κ2) is 9.57. The van der Waals surface area contributed by atoms with Crippen LogP contribution in [0, 0.1) is 5.82 Å². The number of hydrogen-bond donors (Lipinski definition) is 2. The van der Waals surface area contributed by atoms with Crippen LogP contribution in [0.3, 0.4) is 0 Å². The molecule has 0 atom stereocenters. The van der Waals surface area contributed by atoms with Gasteiger partial charge in [0.05, 0.1) is 11.3 Å². The van der Waals surface area contributed by atoms with Gasteiger partial charge in [-0.2, -0.15) is 13.2 Å². The Balaban J connectivity index is 1.51. The van der Waals surface area contributed by atoms with Gasteiger partial charge in [0.15, 0.2) is 0 Å². The van der Waals surface area contributed by atoms with Gasteiger partial charge in [-0.3, -0.25) is 14.4 Å². The van der Waals surface area contributed by atoms with Crippen molar-refractivity contribution in [1.29, 1.82) is 0 Å². The second-order valence-electron chi connectivity index (χ2n) is 7.87. The van der Waals surface area contributed by atoms with Crippen LogP contribution < -0.4 is 15.5 Å². The summed E-state index contributed by atoms with van der Waals surface area (Å²) < 4.78 is 54.1. The minimum absolute atomic E-state index is 0.0244. The molecule has 0 aliphatic carbocycles. The van der Waals surface area contributed by atoms with Crippen molar-refractivity contribution >= 4 is 34.8 Å². The molecule has 0 unspecified atom stereocenters. The smallest absolute Gasteiger partial charge is 0.322 e. The Morgan fingerprint density at radius 1 is 0.829 bits per heavy atom. The van der Waals surface area contributed by atoms with Crippen LogP contribution in [0.5, 0.6) is 0 Å². The van der Waals surface area contributed by atoms with Crippen LogP contribution in [0.1, 0.15) is 39.1 Å². The summed E-state index contributed by atoms with van der Waals surface area (Å²) in [4.78, 5) is 38.3. The van der Waals surface area contributed by atoms with Crippen molar-refractivity contribution in [3.63, 3.8) is 0 Å².